The molecule has 96 valence electrons. The van der Waals surface area contributed by atoms with Gasteiger partial charge in [0.2, 0.25) is 0 Å². The number of amides is 2. The predicted octanol–water partition coefficient (Wildman–Crippen LogP) is 1.43. The number of aliphatic carboxylic acids is 1. The monoisotopic (exact) mass is 240 g/mol. The average Bonchev–Trinajstić information content (AvgIpc) is 2.95. The molecule has 0 heterocycles. The van der Waals surface area contributed by atoms with Crippen LogP contribution in [0.2, 0.25) is 0 Å². The third kappa shape index (κ3) is 3.11. The lowest BCUT2D eigenvalue weighted by Gasteiger charge is -2.35. The van der Waals surface area contributed by atoms with Crippen LogP contribution in [-0.4, -0.2) is 41.1 Å². The molecule has 1 atom stereocenters. The van der Waals surface area contributed by atoms with Crippen LogP contribution in [0.25, 0.3) is 0 Å². The lowest BCUT2D eigenvalue weighted by atomic mass is 9.92. The van der Waals surface area contributed by atoms with Crippen molar-refractivity contribution in [2.75, 3.05) is 7.05 Å². The number of carboxylic acids is 1. The van der Waals surface area contributed by atoms with Crippen LogP contribution in [-0.2, 0) is 4.79 Å². The van der Waals surface area contributed by atoms with Gasteiger partial charge in [0.05, 0.1) is 6.42 Å². The Morgan fingerprint density at radius 3 is 2.41 bits per heavy atom. The first kappa shape index (κ1) is 12.2. The van der Waals surface area contributed by atoms with Crippen molar-refractivity contribution >= 4 is 12.0 Å². The molecule has 17 heavy (non-hydrogen) atoms. The van der Waals surface area contributed by atoms with Crippen LogP contribution in [0.5, 0.6) is 0 Å². The van der Waals surface area contributed by atoms with Crippen LogP contribution in [0, 0.1) is 5.92 Å². The molecule has 5 nitrogen and oxygen atoms in total. The zero-order valence-corrected chi connectivity index (χ0v) is 10.2. The standard InChI is InChI=1S/C12H20N2O3/c1-14(9-3-2-4-9)12(17)13-10(7-11(15)16)8-5-6-8/h8-10H,2-7H2,1H3,(H,13,17)(H,15,16). The maximum atomic E-state index is 11.9. The van der Waals surface area contributed by atoms with Crippen LogP contribution in [0.15, 0.2) is 0 Å². The van der Waals surface area contributed by atoms with E-state index in [4.69, 9.17) is 5.11 Å². The average molecular weight is 240 g/mol. The van der Waals surface area contributed by atoms with Gasteiger partial charge in [-0.2, -0.15) is 0 Å². The van der Waals surface area contributed by atoms with Gasteiger partial charge in [-0.1, -0.05) is 0 Å². The zero-order valence-electron chi connectivity index (χ0n) is 10.2. The number of nitrogens with one attached hydrogen (secondary N) is 1. The van der Waals surface area contributed by atoms with Crippen molar-refractivity contribution in [3.63, 3.8) is 0 Å². The Kier molecular flexibility index (Phi) is 3.54. The van der Waals surface area contributed by atoms with Gasteiger partial charge in [-0.3, -0.25) is 4.79 Å². The van der Waals surface area contributed by atoms with E-state index in [9.17, 15) is 9.59 Å². The summed E-state index contributed by atoms with van der Waals surface area (Å²) in [6.07, 6.45) is 5.42. The topological polar surface area (TPSA) is 69.6 Å². The maximum absolute atomic E-state index is 11.9. The van der Waals surface area contributed by atoms with Crippen LogP contribution in [0.4, 0.5) is 4.79 Å². The molecule has 2 rings (SSSR count). The summed E-state index contributed by atoms with van der Waals surface area (Å²) >= 11 is 0. The van der Waals surface area contributed by atoms with Crippen LogP contribution in [0.1, 0.15) is 38.5 Å². The van der Waals surface area contributed by atoms with E-state index in [1.54, 1.807) is 11.9 Å². The van der Waals surface area contributed by atoms with Crippen molar-refractivity contribution in [2.45, 2.75) is 50.6 Å². The summed E-state index contributed by atoms with van der Waals surface area (Å²) in [5, 5.41) is 11.7. The van der Waals surface area contributed by atoms with Crippen molar-refractivity contribution in [2.24, 2.45) is 5.92 Å². The fourth-order valence-corrected chi connectivity index (χ4v) is 2.22. The largest absolute Gasteiger partial charge is 0.481 e. The molecule has 0 bridgehead atoms. The minimum absolute atomic E-state index is 0.0366. The molecule has 0 aromatic rings. The van der Waals surface area contributed by atoms with Crippen LogP contribution in [0.3, 0.4) is 0 Å². The van der Waals surface area contributed by atoms with E-state index in [-0.39, 0.29) is 18.5 Å². The molecule has 0 aromatic carbocycles. The van der Waals surface area contributed by atoms with Gasteiger partial charge in [0.25, 0.3) is 0 Å². The summed E-state index contributed by atoms with van der Waals surface area (Å²) < 4.78 is 0. The summed E-state index contributed by atoms with van der Waals surface area (Å²) in [7, 11) is 1.80. The molecule has 2 fully saturated rings. The van der Waals surface area contributed by atoms with Gasteiger partial charge in [-0.05, 0) is 38.0 Å². The fraction of sp³-hybridized carbons (Fsp3) is 0.833. The van der Waals surface area contributed by atoms with Gasteiger partial charge < -0.3 is 15.3 Å². The molecular weight excluding hydrogens is 220 g/mol. The second-order valence-electron chi connectivity index (χ2n) is 5.19. The van der Waals surface area contributed by atoms with Crippen molar-refractivity contribution in [3.8, 4) is 0 Å². The normalized spacial score (nSPS) is 21.5. The van der Waals surface area contributed by atoms with E-state index in [1.165, 1.54) is 6.42 Å². The highest BCUT2D eigenvalue weighted by Gasteiger charge is 2.35. The number of carbonyl (C=O) groups excluding carboxylic acids is 1. The van der Waals surface area contributed by atoms with Gasteiger partial charge in [-0.25, -0.2) is 4.79 Å². The Balaban J connectivity index is 1.83. The summed E-state index contributed by atoms with van der Waals surface area (Å²) in [6.45, 7) is 0. The van der Waals surface area contributed by atoms with Crippen LogP contribution >= 0.6 is 0 Å². The number of carboxylic acid groups (broad SMARTS) is 1. The third-order valence-corrected chi connectivity index (χ3v) is 3.84. The van der Waals surface area contributed by atoms with E-state index in [2.05, 4.69) is 5.32 Å². The van der Waals surface area contributed by atoms with Crippen LogP contribution < -0.4 is 5.32 Å². The van der Waals surface area contributed by atoms with Crippen molar-refractivity contribution in [3.05, 3.63) is 0 Å². The summed E-state index contributed by atoms with van der Waals surface area (Å²) in [5.74, 6) is -0.474. The fourth-order valence-electron chi connectivity index (χ4n) is 2.22. The Bertz CT molecular complexity index is 311. The van der Waals surface area contributed by atoms with Crippen molar-refractivity contribution in [1.82, 2.24) is 10.2 Å². The van der Waals surface area contributed by atoms with Crippen molar-refractivity contribution < 1.29 is 14.7 Å². The van der Waals surface area contributed by atoms with Gasteiger partial charge in [0, 0.05) is 19.1 Å². The van der Waals surface area contributed by atoms with E-state index in [1.807, 2.05) is 0 Å². The molecule has 0 spiro atoms. The number of hydrogen-bond donors (Lipinski definition) is 2. The minimum atomic E-state index is -0.839. The summed E-state index contributed by atoms with van der Waals surface area (Å²) in [4.78, 5) is 24.4. The smallest absolute Gasteiger partial charge is 0.317 e. The highest BCUT2D eigenvalue weighted by atomic mass is 16.4. The number of urea groups is 1. The predicted molar refractivity (Wildman–Crippen MR) is 62.7 cm³/mol. The Hall–Kier alpha value is -1.26. The molecule has 1 unspecified atom stereocenters. The number of rotatable bonds is 5. The Morgan fingerprint density at radius 1 is 1.35 bits per heavy atom. The highest BCUT2D eigenvalue weighted by Crippen LogP contribution is 2.34. The molecular formula is C12H20N2O3. The third-order valence-electron chi connectivity index (χ3n) is 3.84. The molecule has 0 saturated heterocycles. The minimum Gasteiger partial charge on any atom is -0.481 e. The van der Waals surface area contributed by atoms with E-state index >= 15 is 0 Å². The van der Waals surface area contributed by atoms with Gasteiger partial charge >= 0.3 is 12.0 Å². The van der Waals surface area contributed by atoms with E-state index < -0.39 is 5.97 Å². The molecule has 5 heteroatoms. The molecule has 2 aliphatic carbocycles. The Labute approximate surface area is 101 Å². The quantitative estimate of drug-likeness (QED) is 0.763. The number of hydrogen-bond acceptors (Lipinski definition) is 2. The van der Waals surface area contributed by atoms with Gasteiger partial charge in [-0.15, -0.1) is 0 Å². The SMILES string of the molecule is CN(C(=O)NC(CC(=O)O)C1CC1)C1CCC1. The molecule has 0 aliphatic heterocycles. The zero-order chi connectivity index (χ0) is 12.4. The first-order valence-electron chi connectivity index (χ1n) is 6.33. The maximum Gasteiger partial charge on any atom is 0.317 e. The first-order chi connectivity index (χ1) is 8.08. The highest BCUT2D eigenvalue weighted by molar-refractivity contribution is 5.76. The summed E-state index contributed by atoms with van der Waals surface area (Å²) in [5.41, 5.74) is 0. The van der Waals surface area contributed by atoms with E-state index in [0.29, 0.717) is 12.0 Å². The molecule has 2 aliphatic rings. The van der Waals surface area contributed by atoms with Gasteiger partial charge in [0.15, 0.2) is 0 Å². The van der Waals surface area contributed by atoms with Gasteiger partial charge in [0.1, 0.15) is 0 Å². The second-order valence-corrected chi connectivity index (χ2v) is 5.19. The molecule has 2 N–H and O–H groups in total. The molecule has 0 aromatic heterocycles. The van der Waals surface area contributed by atoms with Crippen molar-refractivity contribution in [1.29, 1.82) is 0 Å². The molecule has 0 radical (unpaired) electrons. The second kappa shape index (κ2) is 4.94. The first-order valence-corrected chi connectivity index (χ1v) is 6.33. The lowest BCUT2D eigenvalue weighted by molar-refractivity contribution is -0.137. The lowest BCUT2D eigenvalue weighted by Crippen LogP contribution is -2.50. The number of nitrogens with zero attached hydrogens (tertiary/aromatic N) is 1. The summed E-state index contributed by atoms with van der Waals surface area (Å²) in [6, 6.07) is 0.0371. The number of carbonyl (C=O) groups is 2. The van der Waals surface area contributed by atoms with E-state index in [0.717, 1.165) is 25.7 Å². The Morgan fingerprint density at radius 2 is 2.00 bits per heavy atom. The molecule has 2 saturated carbocycles. The molecule has 2 amide bonds.